The normalized spacial score (nSPS) is 22.8. The van der Waals surface area contributed by atoms with Crippen LogP contribution in [-0.4, -0.2) is 23.6 Å². The van der Waals surface area contributed by atoms with Gasteiger partial charge in [0.25, 0.3) is 5.69 Å². The largest absolute Gasteiger partial charge is 0.416 e. The van der Waals surface area contributed by atoms with Crippen molar-refractivity contribution in [2.75, 3.05) is 18.4 Å². The highest BCUT2D eigenvalue weighted by molar-refractivity contribution is 5.64. The third kappa shape index (κ3) is 3.01. The molecule has 1 aromatic rings. The summed E-state index contributed by atoms with van der Waals surface area (Å²) in [7, 11) is 0. The zero-order chi connectivity index (χ0) is 15.0. The first kappa shape index (κ1) is 14.6. The SMILES string of the molecule is CC1(Nc2ccc(C(F)(F)F)cc2[N+](=O)[O-])CCNC1. The van der Waals surface area contributed by atoms with Crippen molar-refractivity contribution in [3.8, 4) is 0 Å². The molecule has 1 aliphatic rings. The molecule has 1 heterocycles. The maximum Gasteiger partial charge on any atom is 0.416 e. The van der Waals surface area contributed by atoms with Crippen molar-refractivity contribution in [2.24, 2.45) is 0 Å². The quantitative estimate of drug-likeness (QED) is 0.663. The molecule has 0 aliphatic carbocycles. The summed E-state index contributed by atoms with van der Waals surface area (Å²) in [6.45, 7) is 3.23. The van der Waals surface area contributed by atoms with E-state index in [0.717, 1.165) is 25.1 Å². The van der Waals surface area contributed by atoms with E-state index in [1.54, 1.807) is 0 Å². The maximum absolute atomic E-state index is 12.6. The minimum atomic E-state index is -4.60. The van der Waals surface area contributed by atoms with Gasteiger partial charge in [0.05, 0.1) is 10.5 Å². The van der Waals surface area contributed by atoms with Gasteiger partial charge in [0, 0.05) is 18.2 Å². The number of hydrogen-bond donors (Lipinski definition) is 2. The number of nitro benzene ring substituents is 1. The van der Waals surface area contributed by atoms with Crippen LogP contribution in [0, 0.1) is 10.1 Å². The summed E-state index contributed by atoms with van der Waals surface area (Å²) in [5.41, 5.74) is -1.88. The van der Waals surface area contributed by atoms with Gasteiger partial charge >= 0.3 is 6.18 Å². The van der Waals surface area contributed by atoms with Crippen LogP contribution in [0.1, 0.15) is 18.9 Å². The van der Waals surface area contributed by atoms with Crippen LogP contribution in [0.4, 0.5) is 24.5 Å². The van der Waals surface area contributed by atoms with Gasteiger partial charge in [-0.3, -0.25) is 10.1 Å². The van der Waals surface area contributed by atoms with Gasteiger partial charge in [0.1, 0.15) is 5.69 Å². The zero-order valence-electron chi connectivity index (χ0n) is 10.8. The minimum absolute atomic E-state index is 0.106. The highest BCUT2D eigenvalue weighted by Gasteiger charge is 2.35. The Morgan fingerprint density at radius 1 is 1.45 bits per heavy atom. The zero-order valence-corrected chi connectivity index (χ0v) is 10.8. The molecule has 8 heteroatoms. The Labute approximate surface area is 113 Å². The molecule has 0 aromatic heterocycles. The van der Waals surface area contributed by atoms with Crippen molar-refractivity contribution in [1.29, 1.82) is 0 Å². The molecule has 1 aliphatic heterocycles. The fourth-order valence-electron chi connectivity index (χ4n) is 2.21. The van der Waals surface area contributed by atoms with Gasteiger partial charge in [0.2, 0.25) is 0 Å². The van der Waals surface area contributed by atoms with Crippen LogP contribution in [-0.2, 0) is 6.18 Å². The van der Waals surface area contributed by atoms with E-state index in [4.69, 9.17) is 0 Å². The first-order chi connectivity index (χ1) is 9.21. The summed E-state index contributed by atoms with van der Waals surface area (Å²) < 4.78 is 37.8. The van der Waals surface area contributed by atoms with Crippen molar-refractivity contribution in [2.45, 2.75) is 25.1 Å². The van der Waals surface area contributed by atoms with Crippen molar-refractivity contribution in [3.05, 3.63) is 33.9 Å². The summed E-state index contributed by atoms with van der Waals surface area (Å²) in [6, 6.07) is 2.53. The lowest BCUT2D eigenvalue weighted by Crippen LogP contribution is -2.37. The van der Waals surface area contributed by atoms with E-state index in [-0.39, 0.29) is 5.69 Å². The Hall–Kier alpha value is -1.83. The average molecular weight is 289 g/mol. The second-order valence-electron chi connectivity index (χ2n) is 5.10. The van der Waals surface area contributed by atoms with Crippen molar-refractivity contribution < 1.29 is 18.1 Å². The van der Waals surface area contributed by atoms with Gasteiger partial charge in [-0.15, -0.1) is 0 Å². The van der Waals surface area contributed by atoms with Crippen molar-refractivity contribution in [1.82, 2.24) is 5.32 Å². The molecule has 0 radical (unpaired) electrons. The van der Waals surface area contributed by atoms with E-state index in [9.17, 15) is 23.3 Å². The number of nitro groups is 1. The molecule has 1 fully saturated rings. The molecule has 1 atom stereocenters. The van der Waals surface area contributed by atoms with Crippen LogP contribution >= 0.6 is 0 Å². The average Bonchev–Trinajstić information content (AvgIpc) is 2.74. The van der Waals surface area contributed by atoms with Crippen molar-refractivity contribution >= 4 is 11.4 Å². The van der Waals surface area contributed by atoms with Gasteiger partial charge in [-0.25, -0.2) is 0 Å². The van der Waals surface area contributed by atoms with E-state index in [0.29, 0.717) is 12.6 Å². The molecule has 0 spiro atoms. The lowest BCUT2D eigenvalue weighted by molar-refractivity contribution is -0.384. The van der Waals surface area contributed by atoms with Crippen LogP contribution in [0.3, 0.4) is 0 Å². The molecule has 110 valence electrons. The maximum atomic E-state index is 12.6. The number of halogens is 3. The van der Waals surface area contributed by atoms with Crippen LogP contribution in [0.25, 0.3) is 0 Å². The van der Waals surface area contributed by atoms with Crippen molar-refractivity contribution in [3.63, 3.8) is 0 Å². The summed E-state index contributed by atoms with van der Waals surface area (Å²) in [4.78, 5) is 10.2. The van der Waals surface area contributed by atoms with E-state index < -0.39 is 27.9 Å². The molecule has 0 bridgehead atoms. The number of rotatable bonds is 3. The van der Waals surface area contributed by atoms with Crippen LogP contribution < -0.4 is 10.6 Å². The number of nitrogens with zero attached hydrogens (tertiary/aromatic N) is 1. The van der Waals surface area contributed by atoms with Gasteiger partial charge in [-0.1, -0.05) is 0 Å². The lowest BCUT2D eigenvalue weighted by Gasteiger charge is -2.25. The van der Waals surface area contributed by atoms with Crippen LogP contribution in [0.2, 0.25) is 0 Å². The monoisotopic (exact) mass is 289 g/mol. The van der Waals surface area contributed by atoms with E-state index >= 15 is 0 Å². The van der Waals surface area contributed by atoms with E-state index in [2.05, 4.69) is 10.6 Å². The minimum Gasteiger partial charge on any atom is -0.373 e. The number of anilines is 1. The van der Waals surface area contributed by atoms with E-state index in [1.165, 1.54) is 0 Å². The Morgan fingerprint density at radius 2 is 2.15 bits per heavy atom. The molecule has 1 saturated heterocycles. The first-order valence-electron chi connectivity index (χ1n) is 6.06. The molecule has 0 saturated carbocycles. The Balaban J connectivity index is 2.35. The fraction of sp³-hybridized carbons (Fsp3) is 0.500. The van der Waals surface area contributed by atoms with Crippen LogP contribution in [0.15, 0.2) is 18.2 Å². The second-order valence-corrected chi connectivity index (χ2v) is 5.10. The number of alkyl halides is 3. The third-order valence-corrected chi connectivity index (χ3v) is 3.33. The van der Waals surface area contributed by atoms with Gasteiger partial charge < -0.3 is 10.6 Å². The predicted octanol–water partition coefficient (Wildman–Crippen LogP) is 2.78. The molecule has 5 nitrogen and oxygen atoms in total. The van der Waals surface area contributed by atoms with Gasteiger partial charge in [-0.05, 0) is 32.0 Å². The summed E-state index contributed by atoms with van der Waals surface area (Å²) in [5, 5.41) is 17.0. The molecule has 1 unspecified atom stereocenters. The molecule has 0 amide bonds. The topological polar surface area (TPSA) is 67.2 Å². The molecule has 2 rings (SSSR count). The second kappa shape index (κ2) is 4.93. The smallest absolute Gasteiger partial charge is 0.373 e. The summed E-state index contributed by atoms with van der Waals surface area (Å²) in [5.74, 6) is 0. The lowest BCUT2D eigenvalue weighted by atomic mass is 10.0. The molecule has 2 N–H and O–H groups in total. The molecule has 1 aromatic carbocycles. The third-order valence-electron chi connectivity index (χ3n) is 3.33. The predicted molar refractivity (Wildman–Crippen MR) is 67.6 cm³/mol. The molecule has 20 heavy (non-hydrogen) atoms. The van der Waals surface area contributed by atoms with Crippen LogP contribution in [0.5, 0.6) is 0 Å². The summed E-state index contributed by atoms with van der Waals surface area (Å²) >= 11 is 0. The first-order valence-corrected chi connectivity index (χ1v) is 6.06. The number of benzene rings is 1. The van der Waals surface area contributed by atoms with Gasteiger partial charge in [0.15, 0.2) is 0 Å². The Morgan fingerprint density at radius 3 is 2.65 bits per heavy atom. The highest BCUT2D eigenvalue weighted by atomic mass is 19.4. The Kier molecular flexibility index (Phi) is 3.59. The molecular weight excluding hydrogens is 275 g/mol. The van der Waals surface area contributed by atoms with Gasteiger partial charge in [-0.2, -0.15) is 13.2 Å². The highest BCUT2D eigenvalue weighted by Crippen LogP contribution is 2.36. The molecular formula is C12H14F3N3O2. The standard InChI is InChI=1S/C12H14F3N3O2/c1-11(4-5-16-7-11)17-9-3-2-8(12(13,14)15)6-10(9)18(19)20/h2-3,6,16-17H,4-5,7H2,1H3. The number of hydrogen-bond acceptors (Lipinski definition) is 4. The van der Waals surface area contributed by atoms with E-state index in [1.807, 2.05) is 6.92 Å². The summed E-state index contributed by atoms with van der Waals surface area (Å²) in [6.07, 6.45) is -3.85. The number of nitrogens with one attached hydrogen (secondary N) is 2. The fourth-order valence-corrected chi connectivity index (χ4v) is 2.21. The Bertz CT molecular complexity index is 525.